The molecule has 1 atom stereocenters. The van der Waals surface area contributed by atoms with Crippen LogP contribution in [0.2, 0.25) is 0 Å². The van der Waals surface area contributed by atoms with Gasteiger partial charge in [0, 0.05) is 12.1 Å². The SMILES string of the molecule is COc1ccc(CC(C)c2cn(Cc3ccccc3)nn2)cc1. The number of nitrogens with zero attached hydrogens (tertiary/aromatic N) is 3. The average molecular weight is 307 g/mol. The van der Waals surface area contributed by atoms with E-state index >= 15 is 0 Å². The maximum atomic E-state index is 5.19. The summed E-state index contributed by atoms with van der Waals surface area (Å²) in [6.07, 6.45) is 2.98. The molecule has 23 heavy (non-hydrogen) atoms. The number of methoxy groups -OCH3 is 1. The fraction of sp³-hybridized carbons (Fsp3) is 0.263. The van der Waals surface area contributed by atoms with Crippen LogP contribution in [0.15, 0.2) is 60.8 Å². The third-order valence-electron chi connectivity index (χ3n) is 3.95. The van der Waals surface area contributed by atoms with Gasteiger partial charge in [0.1, 0.15) is 5.75 Å². The Kier molecular flexibility index (Phi) is 4.71. The molecule has 2 aromatic carbocycles. The van der Waals surface area contributed by atoms with Crippen LogP contribution >= 0.6 is 0 Å². The van der Waals surface area contributed by atoms with E-state index in [2.05, 4.69) is 41.5 Å². The molecule has 3 rings (SSSR count). The van der Waals surface area contributed by atoms with E-state index < -0.39 is 0 Å². The Morgan fingerprint density at radius 1 is 1.00 bits per heavy atom. The molecule has 0 bridgehead atoms. The van der Waals surface area contributed by atoms with Crippen LogP contribution in [0.1, 0.15) is 29.7 Å². The van der Waals surface area contributed by atoms with Crippen LogP contribution in [0.5, 0.6) is 5.75 Å². The Labute approximate surface area is 136 Å². The predicted octanol–water partition coefficient (Wildman–Crippen LogP) is 3.68. The molecule has 0 N–H and O–H groups in total. The van der Waals surface area contributed by atoms with Crippen molar-refractivity contribution in [2.75, 3.05) is 7.11 Å². The van der Waals surface area contributed by atoms with Gasteiger partial charge in [-0.3, -0.25) is 0 Å². The summed E-state index contributed by atoms with van der Waals surface area (Å²) < 4.78 is 7.09. The van der Waals surface area contributed by atoms with Crippen molar-refractivity contribution in [2.24, 2.45) is 0 Å². The zero-order valence-electron chi connectivity index (χ0n) is 13.5. The van der Waals surface area contributed by atoms with Gasteiger partial charge in [-0.1, -0.05) is 54.6 Å². The Bertz CT molecular complexity index is 735. The minimum Gasteiger partial charge on any atom is -0.497 e. The summed E-state index contributed by atoms with van der Waals surface area (Å²) >= 11 is 0. The highest BCUT2D eigenvalue weighted by Crippen LogP contribution is 2.20. The van der Waals surface area contributed by atoms with E-state index in [1.165, 1.54) is 11.1 Å². The van der Waals surface area contributed by atoms with Crippen LogP contribution in [0.4, 0.5) is 0 Å². The minimum atomic E-state index is 0.327. The molecule has 0 amide bonds. The van der Waals surface area contributed by atoms with Crippen molar-refractivity contribution in [3.05, 3.63) is 77.6 Å². The maximum Gasteiger partial charge on any atom is 0.118 e. The van der Waals surface area contributed by atoms with Crippen molar-refractivity contribution in [2.45, 2.75) is 25.8 Å². The fourth-order valence-corrected chi connectivity index (χ4v) is 2.61. The van der Waals surface area contributed by atoms with Gasteiger partial charge in [0.15, 0.2) is 0 Å². The molecule has 0 saturated heterocycles. The second-order valence-electron chi connectivity index (χ2n) is 5.78. The lowest BCUT2D eigenvalue weighted by Gasteiger charge is -2.08. The van der Waals surface area contributed by atoms with Crippen LogP contribution < -0.4 is 4.74 Å². The lowest BCUT2D eigenvalue weighted by Crippen LogP contribution is -2.00. The second-order valence-corrected chi connectivity index (χ2v) is 5.78. The molecule has 4 heteroatoms. The van der Waals surface area contributed by atoms with Crippen molar-refractivity contribution < 1.29 is 4.74 Å². The lowest BCUT2D eigenvalue weighted by molar-refractivity contribution is 0.414. The van der Waals surface area contributed by atoms with E-state index in [1.807, 2.05) is 41.2 Å². The first-order valence-electron chi connectivity index (χ1n) is 7.81. The first-order chi connectivity index (χ1) is 11.2. The molecule has 1 aromatic heterocycles. The fourth-order valence-electron chi connectivity index (χ4n) is 2.61. The number of hydrogen-bond acceptors (Lipinski definition) is 3. The van der Waals surface area contributed by atoms with Gasteiger partial charge in [-0.15, -0.1) is 5.10 Å². The number of rotatable bonds is 6. The monoisotopic (exact) mass is 307 g/mol. The molecule has 118 valence electrons. The van der Waals surface area contributed by atoms with Gasteiger partial charge in [-0.2, -0.15) is 0 Å². The summed E-state index contributed by atoms with van der Waals surface area (Å²) in [7, 11) is 1.68. The van der Waals surface area contributed by atoms with Gasteiger partial charge in [0.05, 0.1) is 19.3 Å². The first kappa shape index (κ1) is 15.3. The Balaban J connectivity index is 1.64. The second kappa shape index (κ2) is 7.09. The highest BCUT2D eigenvalue weighted by Gasteiger charge is 2.11. The number of hydrogen-bond donors (Lipinski definition) is 0. The largest absolute Gasteiger partial charge is 0.497 e. The molecular weight excluding hydrogens is 286 g/mol. The van der Waals surface area contributed by atoms with Crippen molar-refractivity contribution >= 4 is 0 Å². The number of benzene rings is 2. The molecule has 1 heterocycles. The normalized spacial score (nSPS) is 12.1. The molecule has 3 aromatic rings. The third-order valence-corrected chi connectivity index (χ3v) is 3.95. The van der Waals surface area contributed by atoms with E-state index in [-0.39, 0.29) is 0 Å². The zero-order valence-corrected chi connectivity index (χ0v) is 13.5. The molecule has 1 unspecified atom stereocenters. The third kappa shape index (κ3) is 3.97. The Morgan fingerprint density at radius 3 is 2.43 bits per heavy atom. The standard InChI is InChI=1S/C19H21N3O/c1-15(12-16-8-10-18(23-2)11-9-16)19-14-22(21-20-19)13-17-6-4-3-5-7-17/h3-11,14-15H,12-13H2,1-2H3. The molecule has 0 aliphatic carbocycles. The first-order valence-corrected chi connectivity index (χ1v) is 7.81. The number of aromatic nitrogens is 3. The van der Waals surface area contributed by atoms with Crippen molar-refractivity contribution in [3.8, 4) is 5.75 Å². The van der Waals surface area contributed by atoms with Crippen LogP contribution in [0.3, 0.4) is 0 Å². The molecule has 0 saturated carbocycles. The highest BCUT2D eigenvalue weighted by molar-refractivity contribution is 5.28. The summed E-state index contributed by atoms with van der Waals surface area (Å²) in [5.41, 5.74) is 3.53. The van der Waals surface area contributed by atoms with Crippen LogP contribution in [0, 0.1) is 0 Å². The average Bonchev–Trinajstić information content (AvgIpc) is 3.05. The number of ether oxygens (including phenoxy) is 1. The summed E-state index contributed by atoms with van der Waals surface area (Å²) in [5, 5.41) is 8.58. The van der Waals surface area contributed by atoms with Gasteiger partial charge < -0.3 is 4.74 Å². The molecule has 0 radical (unpaired) electrons. The molecule has 0 spiro atoms. The van der Waals surface area contributed by atoms with Gasteiger partial charge in [0.2, 0.25) is 0 Å². The van der Waals surface area contributed by atoms with Gasteiger partial charge in [0.25, 0.3) is 0 Å². The Morgan fingerprint density at radius 2 is 1.74 bits per heavy atom. The molecule has 0 fully saturated rings. The topological polar surface area (TPSA) is 39.9 Å². The van der Waals surface area contributed by atoms with Crippen LogP contribution in [-0.2, 0) is 13.0 Å². The van der Waals surface area contributed by atoms with E-state index in [9.17, 15) is 0 Å². The van der Waals surface area contributed by atoms with Crippen molar-refractivity contribution in [1.29, 1.82) is 0 Å². The zero-order chi connectivity index (χ0) is 16.1. The lowest BCUT2D eigenvalue weighted by atomic mass is 9.98. The van der Waals surface area contributed by atoms with Crippen molar-refractivity contribution in [1.82, 2.24) is 15.0 Å². The Hall–Kier alpha value is -2.62. The van der Waals surface area contributed by atoms with E-state index in [1.54, 1.807) is 7.11 Å². The summed E-state index contributed by atoms with van der Waals surface area (Å²) in [6, 6.07) is 18.5. The van der Waals surface area contributed by atoms with Crippen molar-refractivity contribution in [3.63, 3.8) is 0 Å². The minimum absolute atomic E-state index is 0.327. The summed E-state index contributed by atoms with van der Waals surface area (Å²) in [4.78, 5) is 0. The summed E-state index contributed by atoms with van der Waals surface area (Å²) in [5.74, 6) is 1.21. The van der Waals surface area contributed by atoms with E-state index in [4.69, 9.17) is 4.74 Å². The quantitative estimate of drug-likeness (QED) is 0.697. The molecule has 0 aliphatic heterocycles. The van der Waals surface area contributed by atoms with Gasteiger partial charge in [-0.25, -0.2) is 4.68 Å². The molecular formula is C19H21N3O. The van der Waals surface area contributed by atoms with E-state index in [0.29, 0.717) is 5.92 Å². The van der Waals surface area contributed by atoms with Gasteiger partial charge >= 0.3 is 0 Å². The molecule has 4 nitrogen and oxygen atoms in total. The van der Waals surface area contributed by atoms with Gasteiger partial charge in [-0.05, 0) is 29.7 Å². The maximum absolute atomic E-state index is 5.19. The smallest absolute Gasteiger partial charge is 0.118 e. The summed E-state index contributed by atoms with van der Waals surface area (Å²) in [6.45, 7) is 2.93. The van der Waals surface area contributed by atoms with E-state index in [0.717, 1.165) is 24.4 Å². The predicted molar refractivity (Wildman–Crippen MR) is 90.7 cm³/mol. The highest BCUT2D eigenvalue weighted by atomic mass is 16.5. The molecule has 0 aliphatic rings. The van der Waals surface area contributed by atoms with Crippen LogP contribution in [0.25, 0.3) is 0 Å². The van der Waals surface area contributed by atoms with Crippen LogP contribution in [-0.4, -0.2) is 22.1 Å².